The summed E-state index contributed by atoms with van der Waals surface area (Å²) in [5.41, 5.74) is 5.22. The van der Waals surface area contributed by atoms with E-state index in [1.165, 1.54) is 19.3 Å². The van der Waals surface area contributed by atoms with Crippen LogP contribution in [0, 0.1) is 6.92 Å². The SMILES string of the molecule is Cc1nc(-c2ccccc2)ccc1C(=O)Nc1ccccc1N1CCCCC1. The third kappa shape index (κ3) is 3.91. The van der Waals surface area contributed by atoms with Crippen molar-refractivity contribution < 1.29 is 4.79 Å². The van der Waals surface area contributed by atoms with Crippen molar-refractivity contribution in [2.24, 2.45) is 0 Å². The molecule has 0 saturated carbocycles. The van der Waals surface area contributed by atoms with E-state index in [1.54, 1.807) is 0 Å². The van der Waals surface area contributed by atoms with Crippen LogP contribution in [0.4, 0.5) is 11.4 Å². The third-order valence-electron chi connectivity index (χ3n) is 5.25. The zero-order valence-electron chi connectivity index (χ0n) is 16.2. The molecular formula is C24H25N3O. The minimum Gasteiger partial charge on any atom is -0.370 e. The van der Waals surface area contributed by atoms with Crippen LogP contribution >= 0.6 is 0 Å². The molecule has 28 heavy (non-hydrogen) atoms. The van der Waals surface area contributed by atoms with Gasteiger partial charge < -0.3 is 10.2 Å². The predicted octanol–water partition coefficient (Wildman–Crippen LogP) is 5.30. The summed E-state index contributed by atoms with van der Waals surface area (Å²) in [6.07, 6.45) is 3.68. The van der Waals surface area contributed by atoms with Gasteiger partial charge in [-0.15, -0.1) is 0 Å². The summed E-state index contributed by atoms with van der Waals surface area (Å²) in [6.45, 7) is 3.97. The van der Waals surface area contributed by atoms with Gasteiger partial charge >= 0.3 is 0 Å². The highest BCUT2D eigenvalue weighted by atomic mass is 16.1. The summed E-state index contributed by atoms with van der Waals surface area (Å²) in [6, 6.07) is 21.8. The van der Waals surface area contributed by atoms with Crippen molar-refractivity contribution in [1.82, 2.24) is 4.98 Å². The lowest BCUT2D eigenvalue weighted by Gasteiger charge is -2.30. The highest BCUT2D eigenvalue weighted by Crippen LogP contribution is 2.29. The average molecular weight is 371 g/mol. The van der Waals surface area contributed by atoms with E-state index >= 15 is 0 Å². The molecular weight excluding hydrogens is 346 g/mol. The summed E-state index contributed by atoms with van der Waals surface area (Å²) >= 11 is 0. The van der Waals surface area contributed by atoms with Crippen LogP contribution in [-0.4, -0.2) is 24.0 Å². The first-order valence-electron chi connectivity index (χ1n) is 9.91. The fourth-order valence-electron chi connectivity index (χ4n) is 3.75. The minimum atomic E-state index is -0.117. The number of hydrogen-bond acceptors (Lipinski definition) is 3. The van der Waals surface area contributed by atoms with Gasteiger partial charge in [0.2, 0.25) is 0 Å². The number of amides is 1. The minimum absolute atomic E-state index is 0.117. The van der Waals surface area contributed by atoms with Crippen LogP contribution in [0.2, 0.25) is 0 Å². The van der Waals surface area contributed by atoms with Crippen LogP contribution in [0.25, 0.3) is 11.3 Å². The Morgan fingerprint density at radius 1 is 0.893 bits per heavy atom. The van der Waals surface area contributed by atoms with Gasteiger partial charge in [-0.3, -0.25) is 9.78 Å². The number of piperidine rings is 1. The number of aromatic nitrogens is 1. The molecule has 4 nitrogen and oxygen atoms in total. The number of carbonyl (C=O) groups is 1. The molecule has 0 aliphatic carbocycles. The summed E-state index contributed by atoms with van der Waals surface area (Å²) in [4.78, 5) is 20.0. The number of rotatable bonds is 4. The molecule has 4 rings (SSSR count). The fourth-order valence-corrected chi connectivity index (χ4v) is 3.75. The molecule has 1 aliphatic heterocycles. The number of aryl methyl sites for hydroxylation is 1. The maximum Gasteiger partial charge on any atom is 0.257 e. The first kappa shape index (κ1) is 18.2. The molecule has 3 aromatic rings. The molecule has 2 heterocycles. The van der Waals surface area contributed by atoms with Crippen LogP contribution in [0.3, 0.4) is 0 Å². The number of nitrogens with zero attached hydrogens (tertiary/aromatic N) is 2. The molecule has 1 saturated heterocycles. The number of pyridine rings is 1. The molecule has 0 radical (unpaired) electrons. The Balaban J connectivity index is 1.56. The van der Waals surface area contributed by atoms with Gasteiger partial charge in [-0.25, -0.2) is 0 Å². The number of nitrogens with one attached hydrogen (secondary N) is 1. The Morgan fingerprint density at radius 3 is 2.36 bits per heavy atom. The van der Waals surface area contributed by atoms with Crippen LogP contribution < -0.4 is 10.2 Å². The van der Waals surface area contributed by atoms with Gasteiger partial charge in [0.25, 0.3) is 5.91 Å². The molecule has 1 fully saturated rings. The molecule has 0 spiro atoms. The Morgan fingerprint density at radius 2 is 1.61 bits per heavy atom. The number of benzene rings is 2. The van der Waals surface area contributed by atoms with Crippen LogP contribution in [0.15, 0.2) is 66.7 Å². The maximum atomic E-state index is 12.9. The van der Waals surface area contributed by atoms with Gasteiger partial charge in [-0.1, -0.05) is 42.5 Å². The Hall–Kier alpha value is -3.14. The number of carbonyl (C=O) groups excluding carboxylic acids is 1. The Labute approximate surface area is 166 Å². The Bertz CT molecular complexity index is 963. The van der Waals surface area contributed by atoms with Gasteiger partial charge in [0.05, 0.1) is 28.3 Å². The predicted molar refractivity (Wildman–Crippen MR) is 115 cm³/mol. The highest BCUT2D eigenvalue weighted by molar-refractivity contribution is 6.06. The average Bonchev–Trinajstić information content (AvgIpc) is 2.75. The Kier molecular flexibility index (Phi) is 5.38. The van der Waals surface area contributed by atoms with Crippen molar-refractivity contribution in [2.75, 3.05) is 23.3 Å². The van der Waals surface area contributed by atoms with Gasteiger partial charge in [0, 0.05) is 18.7 Å². The summed E-state index contributed by atoms with van der Waals surface area (Å²) in [5, 5.41) is 3.10. The van der Waals surface area contributed by atoms with E-state index in [-0.39, 0.29) is 5.91 Å². The van der Waals surface area contributed by atoms with Crippen molar-refractivity contribution in [3.05, 3.63) is 78.0 Å². The second-order valence-corrected chi connectivity index (χ2v) is 7.21. The second-order valence-electron chi connectivity index (χ2n) is 7.21. The number of hydrogen-bond donors (Lipinski definition) is 1. The van der Waals surface area contributed by atoms with Crippen molar-refractivity contribution in [2.45, 2.75) is 26.2 Å². The van der Waals surface area contributed by atoms with Crippen molar-refractivity contribution >= 4 is 17.3 Å². The zero-order chi connectivity index (χ0) is 19.3. The summed E-state index contributed by atoms with van der Waals surface area (Å²) in [5.74, 6) is -0.117. The summed E-state index contributed by atoms with van der Waals surface area (Å²) < 4.78 is 0. The molecule has 0 bridgehead atoms. The quantitative estimate of drug-likeness (QED) is 0.677. The van der Waals surface area contributed by atoms with Crippen LogP contribution in [0.5, 0.6) is 0 Å². The fraction of sp³-hybridized carbons (Fsp3) is 0.250. The van der Waals surface area contributed by atoms with E-state index in [0.29, 0.717) is 5.56 Å². The molecule has 1 N–H and O–H groups in total. The van der Waals surface area contributed by atoms with E-state index in [9.17, 15) is 4.79 Å². The van der Waals surface area contributed by atoms with Crippen LogP contribution in [0.1, 0.15) is 35.3 Å². The van der Waals surface area contributed by atoms with Gasteiger partial charge in [-0.2, -0.15) is 0 Å². The molecule has 0 unspecified atom stereocenters. The molecule has 4 heteroatoms. The normalized spacial score (nSPS) is 14.0. The molecule has 142 valence electrons. The molecule has 1 aliphatic rings. The van der Waals surface area contributed by atoms with Gasteiger partial charge in [-0.05, 0) is 50.5 Å². The second kappa shape index (κ2) is 8.26. The number of para-hydroxylation sites is 2. The lowest BCUT2D eigenvalue weighted by molar-refractivity contribution is 0.102. The highest BCUT2D eigenvalue weighted by Gasteiger charge is 2.17. The molecule has 2 aromatic carbocycles. The van der Waals surface area contributed by atoms with Crippen molar-refractivity contribution in [3.63, 3.8) is 0 Å². The van der Waals surface area contributed by atoms with E-state index in [4.69, 9.17) is 0 Å². The topological polar surface area (TPSA) is 45.2 Å². The smallest absolute Gasteiger partial charge is 0.257 e. The lowest BCUT2D eigenvalue weighted by Crippen LogP contribution is -2.30. The van der Waals surface area contributed by atoms with E-state index in [0.717, 1.165) is 41.4 Å². The molecule has 0 atom stereocenters. The van der Waals surface area contributed by atoms with Crippen molar-refractivity contribution in [1.29, 1.82) is 0 Å². The van der Waals surface area contributed by atoms with Gasteiger partial charge in [0.1, 0.15) is 0 Å². The molecule has 1 amide bonds. The molecule has 1 aromatic heterocycles. The standard InChI is InChI=1S/C24H25N3O/c1-18-20(14-15-21(25-18)19-10-4-2-5-11-19)24(28)26-22-12-6-7-13-23(22)27-16-8-3-9-17-27/h2,4-7,10-15H,3,8-9,16-17H2,1H3,(H,26,28). The van der Waals surface area contributed by atoms with E-state index in [1.807, 2.05) is 67.6 Å². The van der Waals surface area contributed by atoms with Crippen LogP contribution in [-0.2, 0) is 0 Å². The van der Waals surface area contributed by atoms with E-state index in [2.05, 4.69) is 21.3 Å². The van der Waals surface area contributed by atoms with Gasteiger partial charge in [0.15, 0.2) is 0 Å². The van der Waals surface area contributed by atoms with Crippen molar-refractivity contribution in [3.8, 4) is 11.3 Å². The number of anilines is 2. The largest absolute Gasteiger partial charge is 0.370 e. The lowest BCUT2D eigenvalue weighted by atomic mass is 10.1. The monoisotopic (exact) mass is 371 g/mol. The van der Waals surface area contributed by atoms with E-state index < -0.39 is 0 Å². The third-order valence-corrected chi connectivity index (χ3v) is 5.25. The zero-order valence-corrected chi connectivity index (χ0v) is 16.2. The first-order chi connectivity index (χ1) is 13.7. The summed E-state index contributed by atoms with van der Waals surface area (Å²) in [7, 11) is 0. The maximum absolute atomic E-state index is 12.9. The first-order valence-corrected chi connectivity index (χ1v) is 9.91.